The fourth-order valence-corrected chi connectivity index (χ4v) is 12.1. The van der Waals surface area contributed by atoms with Crippen LogP contribution in [0.15, 0.2) is 152 Å². The first-order valence-electron chi connectivity index (χ1n) is 14.0. The van der Waals surface area contributed by atoms with E-state index >= 15 is 0 Å². The summed E-state index contributed by atoms with van der Waals surface area (Å²) >= 11 is 0. The summed E-state index contributed by atoms with van der Waals surface area (Å²) in [6, 6.07) is 55.8. The van der Waals surface area contributed by atoms with E-state index in [1.165, 1.54) is 26.8 Å². The van der Waals surface area contributed by atoms with E-state index in [-0.39, 0.29) is 38.9 Å². The van der Waals surface area contributed by atoms with Crippen LogP contribution in [0.1, 0.15) is 18.5 Å². The Kier molecular flexibility index (Phi) is 14.2. The Morgan fingerprint density at radius 2 is 0.696 bits per heavy atom. The molecule has 0 N–H and O–H groups in total. The van der Waals surface area contributed by atoms with Crippen molar-refractivity contribution in [1.29, 1.82) is 0 Å². The maximum absolute atomic E-state index is 10.9. The van der Waals surface area contributed by atoms with Crippen molar-refractivity contribution in [2.75, 3.05) is 0 Å². The minimum atomic E-state index is -5.07. The summed E-state index contributed by atoms with van der Waals surface area (Å²) in [7, 11) is -2.60. The molecular weight excluding hydrogens is 817 g/mol. The summed E-state index contributed by atoms with van der Waals surface area (Å²) in [6.45, 7) is 2.39. The molecule has 0 radical (unpaired) electrons. The largest absolute Gasteiger partial charge is 0.457 e. The molecule has 0 aliphatic heterocycles. The predicted molar refractivity (Wildman–Crippen MR) is 178 cm³/mol. The zero-order valence-electron chi connectivity index (χ0n) is 24.5. The van der Waals surface area contributed by atoms with Crippen molar-refractivity contribution >= 4 is 37.4 Å². The molecule has 0 amide bonds. The molecule has 46 heavy (non-hydrogen) atoms. The molecule has 0 saturated heterocycles. The minimum absolute atomic E-state index is 0. The second-order valence-corrected chi connectivity index (χ2v) is 15.0. The molecule has 5 aromatic carbocycles. The van der Waals surface area contributed by atoms with Crippen LogP contribution in [-0.4, -0.2) is 16.8 Å². The summed E-state index contributed by atoms with van der Waals surface area (Å²) in [4.78, 5) is 0. The molecule has 0 fully saturated rings. The molecule has 1 nitrogen and oxygen atoms in total. The van der Waals surface area contributed by atoms with Gasteiger partial charge in [0.25, 0.3) is 0 Å². The van der Waals surface area contributed by atoms with E-state index in [0.29, 0.717) is 0 Å². The van der Waals surface area contributed by atoms with Gasteiger partial charge >= 0.3 is 12.4 Å². The number of rotatable bonds is 8. The summed E-state index contributed by atoms with van der Waals surface area (Å²) in [5.41, 5.74) is 1.36. The number of benzene rings is 5. The van der Waals surface area contributed by atoms with Gasteiger partial charge in [-0.1, -0.05) is 103 Å². The zero-order valence-corrected chi connectivity index (χ0v) is 28.8. The van der Waals surface area contributed by atoms with E-state index in [1.807, 2.05) is 0 Å². The second-order valence-electron chi connectivity index (χ2n) is 9.86. The van der Waals surface area contributed by atoms with E-state index < -0.39 is 28.5 Å². The van der Waals surface area contributed by atoms with Crippen LogP contribution in [-0.2, 0) is 21.1 Å². The zero-order chi connectivity index (χ0) is 32.3. The molecular formula is C36H31F6NP2Pt+2. The van der Waals surface area contributed by atoms with E-state index in [1.54, 1.807) is 0 Å². The maximum atomic E-state index is 10.9. The van der Waals surface area contributed by atoms with Crippen LogP contribution in [0.25, 0.3) is 0 Å². The van der Waals surface area contributed by atoms with Crippen LogP contribution in [0, 0.1) is 11.8 Å². The SMILES string of the molecule is CC(c1ccccc1)N([PH+](c1ccccc1)c1ccccc1)[PH+](c1ccccc1)c1ccccc1.FC(F)(F)C#CC(F)(F)F.[Pt]. The van der Waals surface area contributed by atoms with Gasteiger partial charge in [0.2, 0.25) is 0 Å². The van der Waals surface area contributed by atoms with Crippen LogP contribution in [0.5, 0.6) is 0 Å². The average molecular weight is 849 g/mol. The molecule has 1 atom stereocenters. The molecule has 0 aliphatic carbocycles. The Balaban J connectivity index is 0.000000455. The molecule has 0 saturated carbocycles. The maximum Gasteiger partial charge on any atom is 0.457 e. The van der Waals surface area contributed by atoms with Crippen LogP contribution >= 0.6 is 16.1 Å². The number of hydrogen-bond donors (Lipinski definition) is 0. The topological polar surface area (TPSA) is 3.24 Å². The third kappa shape index (κ3) is 11.2. The Labute approximate surface area is 282 Å². The number of halogens is 6. The molecule has 0 aromatic heterocycles. The first-order chi connectivity index (χ1) is 21.5. The predicted octanol–water partition coefficient (Wildman–Crippen LogP) is 8.72. The normalized spacial score (nSPS) is 12.0. The van der Waals surface area contributed by atoms with E-state index in [9.17, 15) is 26.3 Å². The monoisotopic (exact) mass is 848 g/mol. The average Bonchev–Trinajstić information content (AvgIpc) is 3.05. The molecule has 240 valence electrons. The minimum Gasteiger partial charge on any atom is -0.159 e. The molecule has 1 unspecified atom stereocenters. The van der Waals surface area contributed by atoms with Gasteiger partial charge in [-0.3, -0.25) is 0 Å². The quantitative estimate of drug-likeness (QED) is 0.0859. The fraction of sp³-hybridized carbons (Fsp3) is 0.111. The number of alkyl halides is 6. The van der Waals surface area contributed by atoms with Gasteiger partial charge in [0.05, 0.1) is 0 Å². The second kappa shape index (κ2) is 17.6. The number of hydrogen-bond acceptors (Lipinski definition) is 1. The summed E-state index contributed by atoms with van der Waals surface area (Å²) < 4.78 is 68.4. The standard InChI is InChI=1S/C32H29NP2.C4F6.Pt/c1-27(28-17-7-2-8-18-28)33(34(29-19-9-3-10-20-29)30-21-11-4-12-22-30)35(31-23-13-5-14-24-31)32-25-15-6-16-26-32;5-3(6,7)1-2-4(8,9)10;/h2-27H,1H3;;/p+2. The van der Waals surface area contributed by atoms with Gasteiger partial charge in [0, 0.05) is 32.9 Å². The third-order valence-corrected chi connectivity index (χ3v) is 13.3. The van der Waals surface area contributed by atoms with Crippen molar-refractivity contribution in [3.05, 3.63) is 157 Å². The Hall–Kier alpha value is -3.25. The molecule has 10 heteroatoms. The molecule has 5 aromatic rings. The van der Waals surface area contributed by atoms with Gasteiger partial charge in [-0.05, 0) is 65.5 Å². The first-order valence-corrected chi connectivity index (χ1v) is 16.9. The van der Waals surface area contributed by atoms with Crippen molar-refractivity contribution in [3.63, 3.8) is 0 Å². The van der Waals surface area contributed by atoms with Crippen LogP contribution in [0.2, 0.25) is 0 Å². The Morgan fingerprint density at radius 3 is 0.935 bits per heavy atom. The molecule has 0 bridgehead atoms. The van der Waals surface area contributed by atoms with E-state index in [4.69, 9.17) is 0 Å². The van der Waals surface area contributed by atoms with Crippen molar-refractivity contribution < 1.29 is 47.4 Å². The summed E-state index contributed by atoms with van der Waals surface area (Å²) in [5, 5.41) is 5.67. The smallest absolute Gasteiger partial charge is 0.159 e. The van der Waals surface area contributed by atoms with Gasteiger partial charge in [0.15, 0.2) is 16.1 Å². The Bertz CT molecular complexity index is 1470. The first kappa shape index (κ1) is 37.2. The third-order valence-electron chi connectivity index (χ3n) is 6.69. The van der Waals surface area contributed by atoms with Crippen molar-refractivity contribution in [3.8, 4) is 11.8 Å². The van der Waals surface area contributed by atoms with Crippen LogP contribution < -0.4 is 21.2 Å². The van der Waals surface area contributed by atoms with Gasteiger partial charge in [-0.25, -0.2) is 0 Å². The van der Waals surface area contributed by atoms with Crippen LogP contribution in [0.3, 0.4) is 0 Å². The van der Waals surface area contributed by atoms with Crippen molar-refractivity contribution in [2.45, 2.75) is 25.3 Å². The van der Waals surface area contributed by atoms with Gasteiger partial charge < -0.3 is 0 Å². The molecule has 0 aliphatic rings. The van der Waals surface area contributed by atoms with Crippen LogP contribution in [0.4, 0.5) is 26.3 Å². The van der Waals surface area contributed by atoms with Crippen molar-refractivity contribution in [2.24, 2.45) is 0 Å². The Morgan fingerprint density at radius 1 is 0.457 bits per heavy atom. The molecule has 5 rings (SSSR count). The van der Waals surface area contributed by atoms with Gasteiger partial charge in [0.1, 0.15) is 27.3 Å². The van der Waals surface area contributed by atoms with Gasteiger partial charge in [-0.2, -0.15) is 26.3 Å². The molecule has 0 heterocycles. The molecule has 0 spiro atoms. The summed E-state index contributed by atoms with van der Waals surface area (Å²) in [6.07, 6.45) is -10.1. The van der Waals surface area contributed by atoms with E-state index in [0.717, 1.165) is 0 Å². The fourth-order valence-electron chi connectivity index (χ4n) is 4.80. The van der Waals surface area contributed by atoms with E-state index in [2.05, 4.69) is 163 Å². The number of nitrogens with zero attached hydrogens (tertiary/aromatic N) is 1. The summed E-state index contributed by atoms with van der Waals surface area (Å²) in [5.74, 6) is 0.174. The van der Waals surface area contributed by atoms with Crippen molar-refractivity contribution in [1.82, 2.24) is 4.44 Å². The van der Waals surface area contributed by atoms with Gasteiger partial charge in [-0.15, -0.1) is 0 Å².